The molecule has 1 aromatic rings. The van der Waals surface area contributed by atoms with Crippen LogP contribution < -0.4 is 0 Å². The number of furan rings is 1. The highest BCUT2D eigenvalue weighted by Gasteiger charge is 2.24. The van der Waals surface area contributed by atoms with Crippen LogP contribution in [0.4, 0.5) is 0 Å². The lowest BCUT2D eigenvalue weighted by atomic mass is 10.3. The Kier molecular flexibility index (Phi) is 2.42. The molecule has 0 atom stereocenters. The molecule has 2 heterocycles. The van der Waals surface area contributed by atoms with E-state index in [4.69, 9.17) is 15.2 Å². The van der Waals surface area contributed by atoms with Crippen molar-refractivity contribution in [1.29, 1.82) is 10.8 Å². The third-order valence-corrected chi connectivity index (χ3v) is 2.26. The molecule has 1 saturated heterocycles. The molecule has 1 fully saturated rings. The Morgan fingerprint density at radius 2 is 2.13 bits per heavy atom. The predicted molar refractivity (Wildman–Crippen MR) is 53.1 cm³/mol. The zero-order valence-corrected chi connectivity index (χ0v) is 8.10. The van der Waals surface area contributed by atoms with Crippen molar-refractivity contribution in [2.75, 3.05) is 13.1 Å². The van der Waals surface area contributed by atoms with Crippen LogP contribution in [0.2, 0.25) is 0 Å². The molecule has 0 amide bonds. The standard InChI is InChI=1S/C9H12N4O2/c10-8-6-13(14)9(11)5-12(8)4-7-2-1-3-15-7/h1-3,10-11,14H,4-6H2. The second kappa shape index (κ2) is 3.74. The highest BCUT2D eigenvalue weighted by Crippen LogP contribution is 2.09. The van der Waals surface area contributed by atoms with Gasteiger partial charge in [-0.05, 0) is 12.1 Å². The smallest absolute Gasteiger partial charge is 0.141 e. The minimum absolute atomic E-state index is 0.0551. The van der Waals surface area contributed by atoms with Gasteiger partial charge in [-0.2, -0.15) is 0 Å². The van der Waals surface area contributed by atoms with E-state index in [1.165, 1.54) is 0 Å². The summed E-state index contributed by atoms with van der Waals surface area (Å²) in [4.78, 5) is 1.69. The van der Waals surface area contributed by atoms with Gasteiger partial charge in [-0.15, -0.1) is 0 Å². The highest BCUT2D eigenvalue weighted by atomic mass is 16.5. The lowest BCUT2D eigenvalue weighted by Gasteiger charge is -2.33. The average Bonchev–Trinajstić information content (AvgIpc) is 2.67. The van der Waals surface area contributed by atoms with Gasteiger partial charge in [0, 0.05) is 0 Å². The van der Waals surface area contributed by atoms with Crippen molar-refractivity contribution in [2.24, 2.45) is 0 Å². The number of hydroxylamine groups is 2. The van der Waals surface area contributed by atoms with Crippen molar-refractivity contribution in [2.45, 2.75) is 6.54 Å². The minimum Gasteiger partial charge on any atom is -0.467 e. The largest absolute Gasteiger partial charge is 0.467 e. The normalized spacial score (nSPS) is 17.4. The van der Waals surface area contributed by atoms with Crippen LogP contribution in [-0.2, 0) is 6.54 Å². The molecule has 0 spiro atoms. The first kappa shape index (κ1) is 9.72. The van der Waals surface area contributed by atoms with Gasteiger partial charge in [0.2, 0.25) is 0 Å². The maximum atomic E-state index is 9.21. The second-order valence-corrected chi connectivity index (χ2v) is 3.39. The van der Waals surface area contributed by atoms with Gasteiger partial charge < -0.3 is 9.32 Å². The van der Waals surface area contributed by atoms with E-state index in [0.717, 1.165) is 10.8 Å². The van der Waals surface area contributed by atoms with Crippen LogP contribution in [0.5, 0.6) is 0 Å². The van der Waals surface area contributed by atoms with Crippen LogP contribution in [0, 0.1) is 10.8 Å². The Morgan fingerprint density at radius 1 is 1.33 bits per heavy atom. The van der Waals surface area contributed by atoms with Crippen LogP contribution >= 0.6 is 0 Å². The molecular weight excluding hydrogens is 196 g/mol. The fourth-order valence-corrected chi connectivity index (χ4v) is 1.44. The van der Waals surface area contributed by atoms with E-state index in [9.17, 15) is 5.21 Å². The summed E-state index contributed by atoms with van der Waals surface area (Å²) in [6, 6.07) is 3.61. The van der Waals surface area contributed by atoms with Gasteiger partial charge in [-0.3, -0.25) is 16.0 Å². The third kappa shape index (κ3) is 1.99. The molecular formula is C9H12N4O2. The van der Waals surface area contributed by atoms with E-state index in [2.05, 4.69) is 0 Å². The van der Waals surface area contributed by atoms with Crippen molar-refractivity contribution < 1.29 is 9.62 Å². The van der Waals surface area contributed by atoms with Crippen molar-refractivity contribution in [3.05, 3.63) is 24.2 Å². The summed E-state index contributed by atoms with van der Waals surface area (Å²) in [5.74, 6) is 1.13. The number of nitrogens with one attached hydrogen (secondary N) is 2. The van der Waals surface area contributed by atoms with Crippen LogP contribution in [0.25, 0.3) is 0 Å². The summed E-state index contributed by atoms with van der Waals surface area (Å²) >= 11 is 0. The van der Waals surface area contributed by atoms with Gasteiger partial charge in [0.25, 0.3) is 0 Å². The number of hydrogen-bond donors (Lipinski definition) is 3. The Labute approximate surface area is 86.7 Å². The monoisotopic (exact) mass is 208 g/mol. The first-order valence-corrected chi connectivity index (χ1v) is 4.55. The first-order chi connectivity index (χ1) is 7.16. The van der Waals surface area contributed by atoms with Gasteiger partial charge in [-0.25, -0.2) is 5.06 Å². The average molecular weight is 208 g/mol. The van der Waals surface area contributed by atoms with E-state index >= 15 is 0 Å². The number of hydrogen-bond acceptors (Lipinski definition) is 4. The molecule has 0 unspecified atom stereocenters. The SMILES string of the molecule is N=C1CN(Cc2ccco2)C(=N)CN1O. The van der Waals surface area contributed by atoms with E-state index in [1.807, 2.05) is 6.07 Å². The summed E-state index contributed by atoms with van der Waals surface area (Å²) in [6.07, 6.45) is 1.58. The number of rotatable bonds is 2. The molecule has 1 aliphatic rings. The summed E-state index contributed by atoms with van der Waals surface area (Å²) in [6.45, 7) is 0.748. The topological polar surface area (TPSA) is 87.6 Å². The van der Waals surface area contributed by atoms with E-state index in [-0.39, 0.29) is 24.8 Å². The van der Waals surface area contributed by atoms with Crippen LogP contribution in [-0.4, -0.2) is 39.9 Å². The summed E-state index contributed by atoms with van der Waals surface area (Å²) in [5, 5.41) is 25.1. The van der Waals surface area contributed by atoms with E-state index in [1.54, 1.807) is 17.2 Å². The quantitative estimate of drug-likeness (QED) is 0.669. The Hall–Kier alpha value is -1.82. The van der Waals surface area contributed by atoms with Gasteiger partial charge >= 0.3 is 0 Å². The van der Waals surface area contributed by atoms with Gasteiger partial charge in [-0.1, -0.05) is 0 Å². The predicted octanol–water partition coefficient (Wildman–Crippen LogP) is 0.741. The van der Waals surface area contributed by atoms with E-state index < -0.39 is 0 Å². The second-order valence-electron chi connectivity index (χ2n) is 3.39. The van der Waals surface area contributed by atoms with Gasteiger partial charge in [0.05, 0.1) is 19.4 Å². The summed E-state index contributed by atoms with van der Waals surface area (Å²) < 4.78 is 5.16. The zero-order valence-electron chi connectivity index (χ0n) is 8.10. The molecule has 80 valence electrons. The summed E-state index contributed by atoms with van der Waals surface area (Å²) in [5.41, 5.74) is 0. The Morgan fingerprint density at radius 3 is 2.80 bits per heavy atom. The molecule has 0 saturated carbocycles. The molecule has 2 rings (SSSR count). The fourth-order valence-electron chi connectivity index (χ4n) is 1.44. The molecule has 15 heavy (non-hydrogen) atoms. The molecule has 6 nitrogen and oxygen atoms in total. The first-order valence-electron chi connectivity index (χ1n) is 4.55. The van der Waals surface area contributed by atoms with Crippen LogP contribution in [0.3, 0.4) is 0 Å². The van der Waals surface area contributed by atoms with Crippen LogP contribution in [0.15, 0.2) is 22.8 Å². The van der Waals surface area contributed by atoms with Gasteiger partial charge in [0.1, 0.15) is 24.0 Å². The van der Waals surface area contributed by atoms with Gasteiger partial charge in [0.15, 0.2) is 0 Å². The fraction of sp³-hybridized carbons (Fsp3) is 0.333. The molecule has 1 aromatic heterocycles. The number of amidine groups is 2. The third-order valence-electron chi connectivity index (χ3n) is 2.26. The Balaban J connectivity index is 2.03. The maximum Gasteiger partial charge on any atom is 0.141 e. The van der Waals surface area contributed by atoms with Crippen molar-refractivity contribution in [1.82, 2.24) is 9.96 Å². The summed E-state index contributed by atoms with van der Waals surface area (Å²) in [7, 11) is 0. The molecule has 0 bridgehead atoms. The maximum absolute atomic E-state index is 9.21. The molecule has 0 aromatic carbocycles. The van der Waals surface area contributed by atoms with Crippen molar-refractivity contribution in [3.8, 4) is 0 Å². The molecule has 0 aliphatic carbocycles. The van der Waals surface area contributed by atoms with Crippen molar-refractivity contribution in [3.63, 3.8) is 0 Å². The molecule has 6 heteroatoms. The number of nitrogens with zero attached hydrogens (tertiary/aromatic N) is 2. The zero-order chi connectivity index (χ0) is 10.8. The lowest BCUT2D eigenvalue weighted by Crippen LogP contribution is -2.51. The van der Waals surface area contributed by atoms with Crippen LogP contribution in [0.1, 0.15) is 5.76 Å². The highest BCUT2D eigenvalue weighted by molar-refractivity contribution is 5.94. The minimum atomic E-state index is 0.0551. The molecule has 3 N–H and O–H groups in total. The number of piperazine rings is 1. The molecule has 0 radical (unpaired) electrons. The molecule has 1 aliphatic heterocycles. The van der Waals surface area contributed by atoms with E-state index in [0.29, 0.717) is 6.54 Å². The van der Waals surface area contributed by atoms with Crippen molar-refractivity contribution >= 4 is 11.7 Å². The Bertz CT molecular complexity index is 373. The lowest BCUT2D eigenvalue weighted by molar-refractivity contribution is -0.0120.